The van der Waals surface area contributed by atoms with Crippen molar-refractivity contribution < 1.29 is 17.9 Å². The summed E-state index contributed by atoms with van der Waals surface area (Å²) in [5, 5.41) is 0.366. The van der Waals surface area contributed by atoms with Gasteiger partial charge in [0.2, 0.25) is 0 Å². The third kappa shape index (κ3) is 3.86. The maximum atomic E-state index is 13.1. The molecule has 0 saturated carbocycles. The standard InChI is InChI=1S/C22H19ClN2O4S/c1-29-21-10-9-17(23)14-19(21)24-30(27,28)18-7-4-6-16(13-18)22(26)25-12-11-15-5-2-3-8-20(15)25/h2-10,13-14,24H,11-12H2,1H3. The average molecular weight is 443 g/mol. The van der Waals surface area contributed by atoms with E-state index in [1.807, 2.05) is 24.3 Å². The second-order valence-corrected chi connectivity index (χ2v) is 8.93. The number of carbonyl (C=O) groups excluding carboxylic acids is 1. The lowest BCUT2D eigenvalue weighted by Gasteiger charge is -2.18. The number of halogens is 1. The van der Waals surface area contributed by atoms with Crippen molar-refractivity contribution in [2.75, 3.05) is 23.3 Å². The number of ether oxygens (including phenoxy) is 1. The number of methoxy groups -OCH3 is 1. The zero-order valence-corrected chi connectivity index (χ0v) is 17.7. The molecule has 30 heavy (non-hydrogen) atoms. The van der Waals surface area contributed by atoms with E-state index < -0.39 is 10.0 Å². The topological polar surface area (TPSA) is 75.7 Å². The number of carbonyl (C=O) groups is 1. The van der Waals surface area contributed by atoms with Gasteiger partial charge in [0.25, 0.3) is 15.9 Å². The van der Waals surface area contributed by atoms with Crippen molar-refractivity contribution in [1.29, 1.82) is 0 Å². The average Bonchev–Trinajstić information content (AvgIpc) is 3.17. The van der Waals surface area contributed by atoms with Gasteiger partial charge < -0.3 is 9.64 Å². The van der Waals surface area contributed by atoms with Crippen LogP contribution in [0, 0.1) is 0 Å². The van der Waals surface area contributed by atoms with Gasteiger partial charge in [-0.3, -0.25) is 9.52 Å². The van der Waals surface area contributed by atoms with Crippen LogP contribution in [0.2, 0.25) is 5.02 Å². The van der Waals surface area contributed by atoms with E-state index in [-0.39, 0.29) is 16.5 Å². The molecular formula is C22H19ClN2O4S. The second kappa shape index (κ2) is 8.01. The summed E-state index contributed by atoms with van der Waals surface area (Å²) < 4.78 is 33.6. The Hall–Kier alpha value is -3.03. The Morgan fingerprint density at radius 3 is 2.67 bits per heavy atom. The summed E-state index contributed by atoms with van der Waals surface area (Å²) in [6.45, 7) is 0.563. The molecule has 3 aromatic rings. The van der Waals surface area contributed by atoms with Gasteiger partial charge in [-0.1, -0.05) is 35.9 Å². The van der Waals surface area contributed by atoms with E-state index in [1.165, 1.54) is 25.3 Å². The summed E-state index contributed by atoms with van der Waals surface area (Å²) in [6, 6.07) is 18.3. The molecule has 4 rings (SSSR count). The summed E-state index contributed by atoms with van der Waals surface area (Å²) >= 11 is 5.99. The molecule has 6 nitrogen and oxygen atoms in total. The highest BCUT2D eigenvalue weighted by Gasteiger charge is 2.26. The minimum Gasteiger partial charge on any atom is -0.495 e. The first-order valence-electron chi connectivity index (χ1n) is 9.25. The first-order chi connectivity index (χ1) is 14.4. The highest BCUT2D eigenvalue weighted by molar-refractivity contribution is 7.92. The summed E-state index contributed by atoms with van der Waals surface area (Å²) in [4.78, 5) is 14.7. The molecule has 0 radical (unpaired) electrons. The van der Waals surface area contributed by atoms with Crippen molar-refractivity contribution in [1.82, 2.24) is 0 Å². The normalized spacial score (nSPS) is 13.1. The van der Waals surface area contributed by atoms with Crippen LogP contribution in [0.15, 0.2) is 71.6 Å². The fraction of sp³-hybridized carbons (Fsp3) is 0.136. The third-order valence-electron chi connectivity index (χ3n) is 4.93. The lowest BCUT2D eigenvalue weighted by atomic mass is 10.1. The highest BCUT2D eigenvalue weighted by atomic mass is 35.5. The molecule has 3 aromatic carbocycles. The van der Waals surface area contributed by atoms with Gasteiger partial charge >= 0.3 is 0 Å². The van der Waals surface area contributed by atoms with Crippen molar-refractivity contribution in [2.24, 2.45) is 0 Å². The molecule has 1 amide bonds. The first-order valence-corrected chi connectivity index (χ1v) is 11.1. The molecule has 8 heteroatoms. The number of hydrogen-bond acceptors (Lipinski definition) is 4. The van der Waals surface area contributed by atoms with Crippen molar-refractivity contribution in [2.45, 2.75) is 11.3 Å². The number of rotatable bonds is 5. The molecule has 0 aromatic heterocycles. The Balaban J connectivity index is 1.63. The molecule has 0 spiro atoms. The molecule has 0 bridgehead atoms. The van der Waals surface area contributed by atoms with Gasteiger partial charge in [-0.2, -0.15) is 0 Å². The van der Waals surface area contributed by atoms with Gasteiger partial charge in [-0.05, 0) is 54.4 Å². The van der Waals surface area contributed by atoms with Crippen LogP contribution in [0.4, 0.5) is 11.4 Å². The maximum absolute atomic E-state index is 13.1. The fourth-order valence-electron chi connectivity index (χ4n) is 3.46. The smallest absolute Gasteiger partial charge is 0.262 e. The summed E-state index contributed by atoms with van der Waals surface area (Å²) in [7, 11) is -2.52. The number of benzene rings is 3. The quantitative estimate of drug-likeness (QED) is 0.637. The van der Waals surface area contributed by atoms with Gasteiger partial charge in [0, 0.05) is 22.8 Å². The summed E-state index contributed by atoms with van der Waals surface area (Å²) in [5.41, 5.74) is 2.48. The molecule has 0 fully saturated rings. The highest BCUT2D eigenvalue weighted by Crippen LogP contribution is 2.31. The van der Waals surface area contributed by atoms with Gasteiger partial charge in [0.1, 0.15) is 5.75 Å². The number of sulfonamides is 1. The number of para-hydroxylation sites is 1. The Kier molecular flexibility index (Phi) is 5.40. The van der Waals surface area contributed by atoms with Crippen LogP contribution in [0.1, 0.15) is 15.9 Å². The maximum Gasteiger partial charge on any atom is 0.262 e. The van der Waals surface area contributed by atoms with Crippen LogP contribution >= 0.6 is 11.6 Å². The van der Waals surface area contributed by atoms with Crippen LogP contribution in [0.25, 0.3) is 0 Å². The second-order valence-electron chi connectivity index (χ2n) is 6.81. The predicted molar refractivity (Wildman–Crippen MR) is 117 cm³/mol. The van der Waals surface area contributed by atoms with E-state index in [1.54, 1.807) is 29.2 Å². The Bertz CT molecular complexity index is 1230. The molecular weight excluding hydrogens is 424 g/mol. The molecule has 0 saturated heterocycles. The van der Waals surface area contributed by atoms with Crippen LogP contribution in [0.5, 0.6) is 5.75 Å². The number of nitrogens with zero attached hydrogens (tertiary/aromatic N) is 1. The number of anilines is 2. The molecule has 0 aliphatic carbocycles. The van der Waals surface area contributed by atoms with Crippen LogP contribution < -0.4 is 14.4 Å². The molecule has 1 heterocycles. The fourth-order valence-corrected chi connectivity index (χ4v) is 4.74. The van der Waals surface area contributed by atoms with E-state index in [0.29, 0.717) is 22.9 Å². The Morgan fingerprint density at radius 2 is 1.87 bits per heavy atom. The van der Waals surface area contributed by atoms with E-state index in [2.05, 4.69) is 4.72 Å². The van der Waals surface area contributed by atoms with Gasteiger partial charge in [0.05, 0.1) is 17.7 Å². The number of hydrogen-bond donors (Lipinski definition) is 1. The van der Waals surface area contributed by atoms with Crippen LogP contribution in [0.3, 0.4) is 0 Å². The third-order valence-corrected chi connectivity index (χ3v) is 6.53. The minimum absolute atomic E-state index is 0.0251. The van der Waals surface area contributed by atoms with Crippen LogP contribution in [-0.2, 0) is 16.4 Å². The van der Waals surface area contributed by atoms with Crippen molar-refractivity contribution in [3.8, 4) is 5.75 Å². The van der Waals surface area contributed by atoms with Gasteiger partial charge in [-0.25, -0.2) is 8.42 Å². The minimum atomic E-state index is -3.96. The number of amides is 1. The van der Waals surface area contributed by atoms with Crippen molar-refractivity contribution in [3.05, 3.63) is 82.9 Å². The van der Waals surface area contributed by atoms with E-state index >= 15 is 0 Å². The summed E-state index contributed by atoms with van der Waals surface area (Å²) in [5.74, 6) is 0.0983. The first kappa shape index (κ1) is 20.3. The molecule has 1 aliphatic rings. The molecule has 0 atom stereocenters. The Morgan fingerprint density at radius 1 is 1.07 bits per heavy atom. The predicted octanol–water partition coefficient (Wildman–Crippen LogP) is 4.35. The van der Waals surface area contributed by atoms with E-state index in [0.717, 1.165) is 17.7 Å². The lowest BCUT2D eigenvalue weighted by Crippen LogP contribution is -2.29. The largest absolute Gasteiger partial charge is 0.495 e. The molecule has 0 unspecified atom stereocenters. The Labute approximate surface area is 180 Å². The monoisotopic (exact) mass is 442 g/mol. The molecule has 154 valence electrons. The zero-order chi connectivity index (χ0) is 21.3. The molecule has 1 N–H and O–H groups in total. The summed E-state index contributed by atoms with van der Waals surface area (Å²) in [6.07, 6.45) is 0.774. The number of fused-ring (bicyclic) bond motifs is 1. The van der Waals surface area contributed by atoms with Crippen LogP contribution in [-0.4, -0.2) is 28.0 Å². The van der Waals surface area contributed by atoms with Gasteiger partial charge in [-0.15, -0.1) is 0 Å². The van der Waals surface area contributed by atoms with Crippen molar-refractivity contribution >= 4 is 38.9 Å². The van der Waals surface area contributed by atoms with Gasteiger partial charge in [0.15, 0.2) is 0 Å². The number of nitrogens with one attached hydrogen (secondary N) is 1. The van der Waals surface area contributed by atoms with E-state index in [9.17, 15) is 13.2 Å². The lowest BCUT2D eigenvalue weighted by molar-refractivity contribution is 0.0989. The molecule has 1 aliphatic heterocycles. The van der Waals surface area contributed by atoms with Crippen molar-refractivity contribution in [3.63, 3.8) is 0 Å². The SMILES string of the molecule is COc1ccc(Cl)cc1NS(=O)(=O)c1cccc(C(=O)N2CCc3ccccc32)c1. The van der Waals surface area contributed by atoms with E-state index in [4.69, 9.17) is 16.3 Å². The zero-order valence-electron chi connectivity index (χ0n) is 16.1.